The number of rotatable bonds is 3. The Bertz CT molecular complexity index is 2050. The Balaban J connectivity index is 1.24. The molecule has 0 N–H and O–H groups in total. The fourth-order valence-corrected chi connectivity index (χ4v) is 12.6. The zero-order chi connectivity index (χ0) is 28.6. The molecule has 5 aromatic rings. The average Bonchev–Trinajstić information content (AvgIpc) is 3.01. The van der Waals surface area contributed by atoms with Gasteiger partial charge in [-0.15, -0.1) is 0 Å². The fourth-order valence-electron chi connectivity index (χ4n) is 12.6. The van der Waals surface area contributed by atoms with E-state index in [1.807, 2.05) is 0 Å². The topological polar surface area (TPSA) is 12.5 Å². The van der Waals surface area contributed by atoms with Crippen LogP contribution in [0.5, 0.6) is 11.5 Å². The van der Waals surface area contributed by atoms with Crippen molar-refractivity contribution in [3.8, 4) is 11.5 Å². The Hall–Kier alpha value is -4.24. The normalized spacial score (nSPS) is 30.7. The van der Waals surface area contributed by atoms with Gasteiger partial charge in [0, 0.05) is 16.8 Å². The van der Waals surface area contributed by atoms with E-state index in [0.717, 1.165) is 29.3 Å². The van der Waals surface area contributed by atoms with Crippen LogP contribution >= 0.6 is 0 Å². The van der Waals surface area contributed by atoms with Crippen LogP contribution in [-0.2, 0) is 5.41 Å². The molecule has 0 bridgehead atoms. The van der Waals surface area contributed by atoms with Gasteiger partial charge in [-0.25, -0.2) is 0 Å². The van der Waals surface area contributed by atoms with Crippen molar-refractivity contribution >= 4 is 34.5 Å². The number of hydrogen-bond donors (Lipinski definition) is 0. The third-order valence-corrected chi connectivity index (χ3v) is 13.8. The summed E-state index contributed by atoms with van der Waals surface area (Å²) in [6.45, 7) is 2.42. The van der Waals surface area contributed by atoms with E-state index in [-0.39, 0.29) is 12.3 Å². The second-order valence-electron chi connectivity index (χ2n) is 14.9. The minimum Gasteiger partial charge on any atom is -0.458 e. The highest BCUT2D eigenvalue weighted by Gasteiger charge is 2.89. The third kappa shape index (κ3) is 2.13. The SMILES string of the molecule is Cc1cc2c3c(c1)N(C14CC5CC6CC(C1)C654)c1cccc4c1B3c1c(cccc1C4(c1ccccc1)c1ccccc1)O2. The first-order valence-electron chi connectivity index (χ1n) is 16.7. The summed E-state index contributed by atoms with van der Waals surface area (Å²) < 4.78 is 7.02. The van der Waals surface area contributed by atoms with Crippen LogP contribution in [0, 0.1) is 30.1 Å². The number of anilines is 2. The number of hydrogen-bond acceptors (Lipinski definition) is 2. The van der Waals surface area contributed by atoms with Gasteiger partial charge in [0.05, 0.1) is 11.0 Å². The van der Waals surface area contributed by atoms with Crippen molar-refractivity contribution in [2.24, 2.45) is 23.2 Å². The third-order valence-electron chi connectivity index (χ3n) is 13.8. The molecule has 0 saturated heterocycles. The fraction of sp³-hybridized carbons (Fsp3) is 0.268. The van der Waals surface area contributed by atoms with E-state index in [2.05, 4.69) is 121 Å². The lowest BCUT2D eigenvalue weighted by atomic mass is 9.15. The van der Waals surface area contributed by atoms with E-state index in [1.165, 1.54) is 81.3 Å². The lowest BCUT2D eigenvalue weighted by Crippen LogP contribution is -2.93. The highest BCUT2D eigenvalue weighted by Crippen LogP contribution is 2.91. The maximum absolute atomic E-state index is 7.02. The van der Waals surface area contributed by atoms with Gasteiger partial charge in [0.15, 0.2) is 0 Å². The molecule has 210 valence electrons. The van der Waals surface area contributed by atoms with Gasteiger partial charge in [0.25, 0.3) is 6.71 Å². The molecule has 2 unspecified atom stereocenters. The quantitative estimate of drug-likeness (QED) is 0.215. The van der Waals surface area contributed by atoms with E-state index >= 15 is 0 Å². The Morgan fingerprint density at radius 1 is 0.636 bits per heavy atom. The molecule has 2 nitrogen and oxygen atoms in total. The Morgan fingerprint density at radius 3 is 1.95 bits per heavy atom. The van der Waals surface area contributed by atoms with Crippen molar-refractivity contribution in [2.45, 2.75) is 43.6 Å². The van der Waals surface area contributed by atoms with Crippen LogP contribution in [0.4, 0.5) is 11.4 Å². The zero-order valence-electron chi connectivity index (χ0n) is 24.9. The Morgan fingerprint density at radius 2 is 1.30 bits per heavy atom. The van der Waals surface area contributed by atoms with Gasteiger partial charge in [-0.1, -0.05) is 84.9 Å². The van der Waals surface area contributed by atoms with Gasteiger partial charge in [0.1, 0.15) is 11.5 Å². The van der Waals surface area contributed by atoms with Gasteiger partial charge in [-0.2, -0.15) is 0 Å². The van der Waals surface area contributed by atoms with Gasteiger partial charge < -0.3 is 9.64 Å². The predicted octanol–water partition coefficient (Wildman–Crippen LogP) is 6.95. The molecular formula is C41H32BNO. The zero-order valence-corrected chi connectivity index (χ0v) is 24.9. The molecule has 3 heterocycles. The van der Waals surface area contributed by atoms with Crippen LogP contribution in [0.2, 0.25) is 0 Å². The van der Waals surface area contributed by atoms with E-state index < -0.39 is 5.41 Å². The molecule has 44 heavy (non-hydrogen) atoms. The van der Waals surface area contributed by atoms with Gasteiger partial charge in [0.2, 0.25) is 0 Å². The molecule has 7 aliphatic rings. The van der Waals surface area contributed by atoms with Crippen molar-refractivity contribution in [3.63, 3.8) is 0 Å². The van der Waals surface area contributed by atoms with Crippen LogP contribution in [0.25, 0.3) is 0 Å². The minimum atomic E-state index is -0.444. The van der Waals surface area contributed by atoms with Crippen molar-refractivity contribution in [3.05, 3.63) is 137 Å². The standard InChI is InChI=1S/C41H32BNO/c1-24-18-33-38-35(19-24)44-34-17-9-15-31-37(34)42(38)36-30(40(31,25-10-4-2-5-11-25)26-12-6-3-7-13-26)14-8-16-32(36)43(33)39-22-28-20-27-21-29(23-39)41(27,28)39/h2-19,27-29H,20-23H2,1H3. The molecule has 0 amide bonds. The molecule has 5 aromatic carbocycles. The molecular weight excluding hydrogens is 533 g/mol. The Labute approximate surface area is 258 Å². The molecule has 4 aliphatic carbocycles. The predicted molar refractivity (Wildman–Crippen MR) is 177 cm³/mol. The lowest BCUT2D eigenvalue weighted by Gasteiger charge is -2.92. The molecule has 3 aliphatic heterocycles. The molecule has 1 spiro atoms. The first-order chi connectivity index (χ1) is 21.7. The second-order valence-corrected chi connectivity index (χ2v) is 14.9. The lowest BCUT2D eigenvalue weighted by molar-refractivity contribution is -0.385. The van der Waals surface area contributed by atoms with Gasteiger partial charge >= 0.3 is 0 Å². The first-order valence-corrected chi connectivity index (χ1v) is 16.7. The van der Waals surface area contributed by atoms with E-state index in [4.69, 9.17) is 4.74 Å². The first kappa shape index (κ1) is 23.2. The van der Waals surface area contributed by atoms with Gasteiger partial charge in [-0.3, -0.25) is 0 Å². The van der Waals surface area contributed by atoms with Crippen LogP contribution in [0.3, 0.4) is 0 Å². The van der Waals surface area contributed by atoms with Crippen LogP contribution < -0.4 is 26.0 Å². The molecule has 3 heteroatoms. The van der Waals surface area contributed by atoms with Crippen molar-refractivity contribution < 1.29 is 4.74 Å². The van der Waals surface area contributed by atoms with Crippen LogP contribution in [0.1, 0.15) is 53.5 Å². The number of nitrogens with zero attached hydrogens (tertiary/aromatic N) is 1. The smallest absolute Gasteiger partial charge is 0.257 e. The second kappa shape index (κ2) is 7.18. The largest absolute Gasteiger partial charge is 0.458 e. The summed E-state index contributed by atoms with van der Waals surface area (Å²) in [6.07, 6.45) is 5.64. The summed E-state index contributed by atoms with van der Waals surface area (Å²) in [7, 11) is 0. The molecule has 0 aromatic heterocycles. The summed E-state index contributed by atoms with van der Waals surface area (Å²) in [5.41, 5.74) is 14.2. The summed E-state index contributed by atoms with van der Waals surface area (Å²) >= 11 is 0. The van der Waals surface area contributed by atoms with Crippen LogP contribution in [-0.4, -0.2) is 12.3 Å². The van der Waals surface area contributed by atoms with Gasteiger partial charge in [-0.05, 0) is 119 Å². The molecule has 4 fully saturated rings. The van der Waals surface area contributed by atoms with E-state index in [9.17, 15) is 0 Å². The molecule has 4 saturated carbocycles. The van der Waals surface area contributed by atoms with Crippen molar-refractivity contribution in [1.29, 1.82) is 0 Å². The van der Waals surface area contributed by atoms with E-state index in [0.29, 0.717) is 5.41 Å². The summed E-state index contributed by atoms with van der Waals surface area (Å²) in [6, 6.07) is 41.5. The van der Waals surface area contributed by atoms with Crippen molar-refractivity contribution in [2.75, 3.05) is 4.90 Å². The molecule has 2 atom stereocenters. The Kier molecular flexibility index (Phi) is 3.78. The molecule has 0 radical (unpaired) electrons. The summed E-state index contributed by atoms with van der Waals surface area (Å²) in [4.78, 5) is 2.91. The minimum absolute atomic E-state index is 0.169. The summed E-state index contributed by atoms with van der Waals surface area (Å²) in [5.74, 6) is 4.90. The van der Waals surface area contributed by atoms with E-state index in [1.54, 1.807) is 0 Å². The average molecular weight is 566 g/mol. The highest BCUT2D eigenvalue weighted by atomic mass is 16.5. The maximum atomic E-state index is 7.02. The maximum Gasteiger partial charge on any atom is 0.257 e. The number of aryl methyl sites for hydroxylation is 1. The summed E-state index contributed by atoms with van der Waals surface area (Å²) in [5, 5.41) is 0. The number of ether oxygens (including phenoxy) is 1. The highest BCUT2D eigenvalue weighted by molar-refractivity contribution is 7.00. The molecule has 12 rings (SSSR count). The van der Waals surface area contributed by atoms with Crippen molar-refractivity contribution in [1.82, 2.24) is 0 Å². The van der Waals surface area contributed by atoms with Crippen LogP contribution in [0.15, 0.2) is 109 Å². The number of benzene rings is 5. The monoisotopic (exact) mass is 565 g/mol.